The standard InChI is InChI=1S/C27H34N4O2S/c1-5-25-24(19-23-18-20(3)12-13-21(23)4)27(29-26(28-25)22-10-8-7-9-11-22)30-14-16-31(17-15-30)34(32,33)6-2/h7-13,18H,5-6,14-17,19H2,1-4H3. The van der Waals surface area contributed by atoms with Gasteiger partial charge < -0.3 is 4.90 Å². The van der Waals surface area contributed by atoms with Crippen LogP contribution < -0.4 is 4.90 Å². The first kappa shape index (κ1) is 24.4. The Morgan fingerprint density at radius 3 is 2.26 bits per heavy atom. The minimum Gasteiger partial charge on any atom is -0.354 e. The van der Waals surface area contributed by atoms with E-state index >= 15 is 0 Å². The summed E-state index contributed by atoms with van der Waals surface area (Å²) in [5.41, 5.74) is 6.95. The van der Waals surface area contributed by atoms with E-state index in [4.69, 9.17) is 9.97 Å². The second-order valence-electron chi connectivity index (χ2n) is 8.91. The van der Waals surface area contributed by atoms with Gasteiger partial charge in [0.15, 0.2) is 5.82 Å². The number of anilines is 1. The SMILES string of the molecule is CCc1nc(-c2ccccc2)nc(N2CCN(S(=O)(=O)CC)CC2)c1Cc1cc(C)ccc1C. The molecule has 0 spiro atoms. The van der Waals surface area contributed by atoms with Crippen molar-refractivity contribution in [2.45, 2.75) is 40.5 Å². The summed E-state index contributed by atoms with van der Waals surface area (Å²) < 4.78 is 26.4. The van der Waals surface area contributed by atoms with Crippen molar-refractivity contribution in [1.29, 1.82) is 0 Å². The van der Waals surface area contributed by atoms with Gasteiger partial charge in [0.05, 0.1) is 5.75 Å². The molecule has 0 N–H and O–H groups in total. The average Bonchev–Trinajstić information content (AvgIpc) is 2.86. The Kier molecular flexibility index (Phi) is 7.33. The second-order valence-corrected chi connectivity index (χ2v) is 11.2. The van der Waals surface area contributed by atoms with E-state index in [1.54, 1.807) is 11.2 Å². The average molecular weight is 479 g/mol. The summed E-state index contributed by atoms with van der Waals surface area (Å²) in [6, 6.07) is 16.6. The summed E-state index contributed by atoms with van der Waals surface area (Å²) >= 11 is 0. The molecule has 0 bridgehead atoms. The summed E-state index contributed by atoms with van der Waals surface area (Å²) in [6.07, 6.45) is 1.56. The Labute approximate surface area is 203 Å². The lowest BCUT2D eigenvalue weighted by Gasteiger charge is -2.36. The molecule has 1 aromatic heterocycles. The largest absolute Gasteiger partial charge is 0.354 e. The molecule has 1 fully saturated rings. The van der Waals surface area contributed by atoms with Crippen LogP contribution in [-0.2, 0) is 22.9 Å². The monoisotopic (exact) mass is 478 g/mol. The van der Waals surface area contributed by atoms with Crippen molar-refractivity contribution in [3.8, 4) is 11.4 Å². The zero-order valence-corrected chi connectivity index (χ0v) is 21.4. The van der Waals surface area contributed by atoms with Gasteiger partial charge in [0.25, 0.3) is 0 Å². The Bertz CT molecular complexity index is 1250. The topological polar surface area (TPSA) is 66.4 Å². The van der Waals surface area contributed by atoms with Gasteiger partial charge >= 0.3 is 0 Å². The van der Waals surface area contributed by atoms with E-state index in [0.29, 0.717) is 26.2 Å². The molecule has 2 aromatic carbocycles. The highest BCUT2D eigenvalue weighted by molar-refractivity contribution is 7.89. The molecule has 180 valence electrons. The first-order valence-electron chi connectivity index (χ1n) is 12.1. The second kappa shape index (κ2) is 10.2. The highest BCUT2D eigenvalue weighted by Gasteiger charge is 2.28. The highest BCUT2D eigenvalue weighted by atomic mass is 32.2. The van der Waals surface area contributed by atoms with Crippen LogP contribution in [0.3, 0.4) is 0 Å². The Hall–Kier alpha value is -2.77. The number of aryl methyl sites for hydroxylation is 3. The minimum atomic E-state index is -3.19. The molecule has 0 saturated carbocycles. The third kappa shape index (κ3) is 5.15. The number of hydrogen-bond acceptors (Lipinski definition) is 5. The van der Waals surface area contributed by atoms with Gasteiger partial charge in [0, 0.05) is 49.4 Å². The summed E-state index contributed by atoms with van der Waals surface area (Å²) in [5.74, 6) is 1.79. The number of rotatable bonds is 7. The van der Waals surface area contributed by atoms with Crippen molar-refractivity contribution in [2.24, 2.45) is 0 Å². The smallest absolute Gasteiger partial charge is 0.213 e. The quantitative estimate of drug-likeness (QED) is 0.504. The predicted octanol–water partition coefficient (Wildman–Crippen LogP) is 4.39. The molecule has 0 radical (unpaired) electrons. The van der Waals surface area contributed by atoms with Crippen LogP contribution in [0.15, 0.2) is 48.5 Å². The summed E-state index contributed by atoms with van der Waals surface area (Å²) in [7, 11) is -3.19. The zero-order chi connectivity index (χ0) is 24.3. The van der Waals surface area contributed by atoms with E-state index in [9.17, 15) is 8.42 Å². The molecule has 1 saturated heterocycles. The number of aromatic nitrogens is 2. The molecule has 0 amide bonds. The Morgan fingerprint density at radius 2 is 1.62 bits per heavy atom. The van der Waals surface area contributed by atoms with Gasteiger partial charge in [0.1, 0.15) is 5.82 Å². The van der Waals surface area contributed by atoms with Crippen LogP contribution in [0.25, 0.3) is 11.4 Å². The van der Waals surface area contributed by atoms with Crippen molar-refractivity contribution >= 4 is 15.8 Å². The summed E-state index contributed by atoms with van der Waals surface area (Å²) in [6.45, 7) is 10.3. The van der Waals surface area contributed by atoms with Crippen LogP contribution in [0.5, 0.6) is 0 Å². The highest BCUT2D eigenvalue weighted by Crippen LogP contribution is 2.30. The summed E-state index contributed by atoms with van der Waals surface area (Å²) in [5, 5.41) is 0. The molecule has 0 unspecified atom stereocenters. The molecule has 0 atom stereocenters. The lowest BCUT2D eigenvalue weighted by atomic mass is 9.96. The Morgan fingerprint density at radius 1 is 0.912 bits per heavy atom. The van der Waals surface area contributed by atoms with Gasteiger partial charge in [-0.1, -0.05) is 61.0 Å². The van der Waals surface area contributed by atoms with Gasteiger partial charge in [0.2, 0.25) is 10.0 Å². The third-order valence-electron chi connectivity index (χ3n) is 6.61. The normalized spacial score (nSPS) is 15.0. The van der Waals surface area contributed by atoms with Gasteiger partial charge in [-0.05, 0) is 38.3 Å². The lowest BCUT2D eigenvalue weighted by Crippen LogP contribution is -2.49. The number of sulfonamides is 1. The maximum absolute atomic E-state index is 12.4. The molecule has 34 heavy (non-hydrogen) atoms. The Balaban J connectivity index is 1.78. The van der Waals surface area contributed by atoms with Crippen molar-refractivity contribution in [2.75, 3.05) is 36.8 Å². The number of nitrogens with zero attached hydrogens (tertiary/aromatic N) is 4. The van der Waals surface area contributed by atoms with E-state index in [1.165, 1.54) is 16.7 Å². The van der Waals surface area contributed by atoms with Gasteiger partial charge in [-0.3, -0.25) is 0 Å². The fourth-order valence-corrected chi connectivity index (χ4v) is 5.60. The van der Waals surface area contributed by atoms with Crippen LogP contribution in [0.2, 0.25) is 0 Å². The van der Waals surface area contributed by atoms with Crippen LogP contribution >= 0.6 is 0 Å². The number of hydrogen-bond donors (Lipinski definition) is 0. The van der Waals surface area contributed by atoms with Gasteiger partial charge in [-0.15, -0.1) is 0 Å². The van der Waals surface area contributed by atoms with Gasteiger partial charge in [-0.25, -0.2) is 18.4 Å². The van der Waals surface area contributed by atoms with Crippen LogP contribution in [0, 0.1) is 13.8 Å². The number of piperazine rings is 1. The fraction of sp³-hybridized carbons (Fsp3) is 0.407. The van der Waals surface area contributed by atoms with Crippen LogP contribution in [-0.4, -0.2) is 54.6 Å². The van der Waals surface area contributed by atoms with Gasteiger partial charge in [-0.2, -0.15) is 4.31 Å². The van der Waals surface area contributed by atoms with E-state index < -0.39 is 10.0 Å². The van der Waals surface area contributed by atoms with E-state index in [1.807, 2.05) is 30.3 Å². The maximum atomic E-state index is 12.4. The summed E-state index contributed by atoms with van der Waals surface area (Å²) in [4.78, 5) is 12.3. The zero-order valence-electron chi connectivity index (χ0n) is 20.6. The molecule has 1 aliphatic rings. The predicted molar refractivity (Wildman–Crippen MR) is 139 cm³/mol. The molecular weight excluding hydrogens is 444 g/mol. The van der Waals surface area contributed by atoms with E-state index in [-0.39, 0.29) is 5.75 Å². The third-order valence-corrected chi connectivity index (χ3v) is 8.49. The molecule has 6 nitrogen and oxygen atoms in total. The van der Waals surface area contributed by atoms with E-state index in [2.05, 4.69) is 43.9 Å². The lowest BCUT2D eigenvalue weighted by molar-refractivity contribution is 0.384. The minimum absolute atomic E-state index is 0.135. The van der Waals surface area contributed by atoms with Crippen LogP contribution in [0.4, 0.5) is 5.82 Å². The van der Waals surface area contributed by atoms with Crippen molar-refractivity contribution in [3.05, 3.63) is 76.5 Å². The molecule has 3 aromatic rings. The van der Waals surface area contributed by atoms with Crippen molar-refractivity contribution in [1.82, 2.24) is 14.3 Å². The maximum Gasteiger partial charge on any atom is 0.213 e. The number of benzene rings is 2. The van der Waals surface area contributed by atoms with E-state index in [0.717, 1.165) is 41.3 Å². The van der Waals surface area contributed by atoms with Crippen LogP contribution in [0.1, 0.15) is 41.8 Å². The molecule has 7 heteroatoms. The van der Waals surface area contributed by atoms with Crippen molar-refractivity contribution in [3.63, 3.8) is 0 Å². The first-order chi connectivity index (χ1) is 16.3. The molecule has 0 aliphatic carbocycles. The van der Waals surface area contributed by atoms with Crippen molar-refractivity contribution < 1.29 is 8.42 Å². The molecule has 4 rings (SSSR count). The molecule has 2 heterocycles. The first-order valence-corrected chi connectivity index (χ1v) is 13.7. The fourth-order valence-electron chi connectivity index (χ4n) is 4.51. The molecular formula is C27H34N4O2S. The molecule has 1 aliphatic heterocycles.